The maximum atomic E-state index is 11.8. The first-order chi connectivity index (χ1) is 11.6. The lowest BCUT2D eigenvalue weighted by molar-refractivity contribution is -0.111. The van der Waals surface area contributed by atoms with E-state index in [0.717, 1.165) is 12.0 Å². The predicted molar refractivity (Wildman–Crippen MR) is 98.5 cm³/mol. The van der Waals surface area contributed by atoms with E-state index < -0.39 is 5.41 Å². The van der Waals surface area contributed by atoms with Gasteiger partial charge in [0.15, 0.2) is 5.78 Å². The van der Waals surface area contributed by atoms with Crippen molar-refractivity contribution in [1.29, 1.82) is 0 Å². The van der Waals surface area contributed by atoms with Gasteiger partial charge < -0.3 is 0 Å². The normalized spacial score (nSPS) is 19.9. The number of allylic oxidation sites excluding steroid dienone is 4. The van der Waals surface area contributed by atoms with E-state index in [1.807, 2.05) is 31.2 Å². The number of hydrogen-bond donors (Lipinski definition) is 0. The summed E-state index contributed by atoms with van der Waals surface area (Å²) >= 11 is 0. The molecule has 24 heavy (non-hydrogen) atoms. The van der Waals surface area contributed by atoms with Gasteiger partial charge in [-0.1, -0.05) is 78.7 Å². The average Bonchev–Trinajstić information content (AvgIpc) is 2.64. The molecule has 0 radical (unpaired) electrons. The van der Waals surface area contributed by atoms with Crippen LogP contribution in [0, 0.1) is 17.8 Å². The maximum Gasteiger partial charge on any atom is 0.181 e. The fourth-order valence-corrected chi connectivity index (χ4v) is 3.27. The Morgan fingerprint density at radius 2 is 1.54 bits per heavy atom. The molecule has 0 saturated carbocycles. The van der Waals surface area contributed by atoms with Gasteiger partial charge in [0, 0.05) is 5.92 Å². The number of rotatable bonds is 4. The molecule has 0 aliphatic heterocycles. The minimum Gasteiger partial charge on any atom is -0.290 e. The zero-order valence-electron chi connectivity index (χ0n) is 13.8. The third-order valence-electron chi connectivity index (χ3n) is 4.61. The molecule has 0 fully saturated rings. The van der Waals surface area contributed by atoms with Crippen LogP contribution in [0.2, 0.25) is 0 Å². The van der Waals surface area contributed by atoms with Gasteiger partial charge >= 0.3 is 0 Å². The lowest BCUT2D eigenvalue weighted by atomic mass is 9.72. The fraction of sp³-hybridized carbons (Fsp3) is 0.174. The van der Waals surface area contributed by atoms with Crippen LogP contribution in [-0.2, 0) is 4.79 Å². The first kappa shape index (κ1) is 16.0. The second-order valence-electron chi connectivity index (χ2n) is 6.29. The second kappa shape index (κ2) is 6.72. The van der Waals surface area contributed by atoms with Crippen molar-refractivity contribution in [2.24, 2.45) is 5.41 Å². The lowest BCUT2D eigenvalue weighted by Gasteiger charge is -2.30. The molecule has 0 bridgehead atoms. The highest BCUT2D eigenvalue weighted by atomic mass is 16.1. The Labute approximate surface area is 143 Å². The molecule has 2 aromatic rings. The predicted octanol–water partition coefficient (Wildman–Crippen LogP) is 4.91. The smallest absolute Gasteiger partial charge is 0.181 e. The summed E-state index contributed by atoms with van der Waals surface area (Å²) in [5.41, 5.74) is 2.65. The van der Waals surface area contributed by atoms with Gasteiger partial charge in [-0.25, -0.2) is 0 Å². The Morgan fingerprint density at radius 1 is 1.00 bits per heavy atom. The van der Waals surface area contributed by atoms with Crippen molar-refractivity contribution < 1.29 is 4.79 Å². The Morgan fingerprint density at radius 3 is 2.00 bits per heavy atom. The zero-order valence-corrected chi connectivity index (χ0v) is 13.8. The molecule has 0 heterocycles. The van der Waals surface area contributed by atoms with E-state index in [0.29, 0.717) is 0 Å². The number of carbonyl (C=O) groups excluding carboxylic acids is 1. The van der Waals surface area contributed by atoms with Crippen LogP contribution in [0.15, 0.2) is 84.5 Å². The monoisotopic (exact) mass is 312 g/mol. The number of carbonyl (C=O) groups is 1. The first-order valence-electron chi connectivity index (χ1n) is 8.14. The topological polar surface area (TPSA) is 17.1 Å². The Bertz CT molecular complexity index is 782. The zero-order chi connectivity index (χ0) is 17.0. The van der Waals surface area contributed by atoms with Gasteiger partial charge in [0.25, 0.3) is 0 Å². The van der Waals surface area contributed by atoms with Crippen LogP contribution in [0.3, 0.4) is 0 Å². The lowest BCUT2D eigenvalue weighted by Crippen LogP contribution is -2.22. The van der Waals surface area contributed by atoms with Crippen LogP contribution in [0.1, 0.15) is 30.4 Å². The summed E-state index contributed by atoms with van der Waals surface area (Å²) in [6.07, 6.45) is 12.1. The van der Waals surface area contributed by atoms with E-state index in [1.165, 1.54) is 11.1 Å². The minimum atomic E-state index is -0.533. The van der Waals surface area contributed by atoms with Crippen LogP contribution in [0.4, 0.5) is 0 Å². The van der Waals surface area contributed by atoms with Crippen molar-refractivity contribution in [2.75, 3.05) is 0 Å². The molecule has 118 valence electrons. The summed E-state index contributed by atoms with van der Waals surface area (Å²) in [6, 6.07) is 20.8. The molecule has 1 unspecified atom stereocenters. The molecule has 0 N–H and O–H groups in total. The number of hydrogen-bond acceptors (Lipinski definition) is 1. The van der Waals surface area contributed by atoms with Crippen LogP contribution in [-0.4, -0.2) is 5.78 Å². The van der Waals surface area contributed by atoms with Crippen molar-refractivity contribution in [2.45, 2.75) is 19.3 Å². The third kappa shape index (κ3) is 3.24. The number of terminal acetylenes is 1. The molecule has 1 aliphatic rings. The van der Waals surface area contributed by atoms with E-state index in [1.54, 1.807) is 6.08 Å². The van der Waals surface area contributed by atoms with Crippen LogP contribution < -0.4 is 0 Å². The van der Waals surface area contributed by atoms with Gasteiger partial charge in [-0.15, -0.1) is 6.42 Å². The Balaban J connectivity index is 2.03. The van der Waals surface area contributed by atoms with E-state index in [4.69, 9.17) is 6.42 Å². The summed E-state index contributed by atoms with van der Waals surface area (Å²) < 4.78 is 0. The number of benzene rings is 2. The molecule has 1 atom stereocenters. The SMILES string of the molecule is C#CC1(CC(c2ccccc2)c2ccccc2)C=CC(=O)C(C)=C1. The van der Waals surface area contributed by atoms with Gasteiger partial charge in [0.05, 0.1) is 5.41 Å². The van der Waals surface area contributed by atoms with Crippen molar-refractivity contribution in [1.82, 2.24) is 0 Å². The third-order valence-corrected chi connectivity index (χ3v) is 4.61. The quantitative estimate of drug-likeness (QED) is 0.733. The van der Waals surface area contributed by atoms with E-state index in [2.05, 4.69) is 54.5 Å². The molecule has 0 amide bonds. The van der Waals surface area contributed by atoms with Crippen molar-refractivity contribution >= 4 is 5.78 Å². The minimum absolute atomic E-state index is 0.0387. The average molecular weight is 312 g/mol. The van der Waals surface area contributed by atoms with E-state index in [-0.39, 0.29) is 11.7 Å². The molecular weight excluding hydrogens is 292 g/mol. The van der Waals surface area contributed by atoms with Gasteiger partial charge in [-0.3, -0.25) is 4.79 Å². The Hall–Kier alpha value is -2.85. The van der Waals surface area contributed by atoms with Crippen LogP contribution in [0.25, 0.3) is 0 Å². The molecule has 0 saturated heterocycles. The maximum absolute atomic E-state index is 11.8. The van der Waals surface area contributed by atoms with Crippen molar-refractivity contribution in [3.05, 3.63) is 95.6 Å². The van der Waals surface area contributed by atoms with Gasteiger partial charge in [0.1, 0.15) is 0 Å². The summed E-state index contributed by atoms with van der Waals surface area (Å²) in [5, 5.41) is 0. The van der Waals surface area contributed by atoms with Crippen molar-refractivity contribution in [3.63, 3.8) is 0 Å². The number of ketones is 1. The highest BCUT2D eigenvalue weighted by Gasteiger charge is 2.31. The summed E-state index contributed by atoms with van der Waals surface area (Å²) in [5.74, 6) is 3.13. The van der Waals surface area contributed by atoms with Gasteiger partial charge in [-0.2, -0.15) is 0 Å². The molecule has 0 aromatic heterocycles. The van der Waals surface area contributed by atoms with Gasteiger partial charge in [0.2, 0.25) is 0 Å². The largest absolute Gasteiger partial charge is 0.290 e. The Kier molecular flexibility index (Phi) is 4.49. The van der Waals surface area contributed by atoms with E-state index >= 15 is 0 Å². The second-order valence-corrected chi connectivity index (χ2v) is 6.29. The summed E-state index contributed by atoms with van der Waals surface area (Å²) in [4.78, 5) is 11.8. The molecule has 3 rings (SSSR count). The van der Waals surface area contributed by atoms with Crippen LogP contribution in [0.5, 0.6) is 0 Å². The first-order valence-corrected chi connectivity index (χ1v) is 8.14. The molecule has 1 heteroatoms. The standard InChI is InChI=1S/C23H20O/c1-3-23(15-14-22(24)18(2)16-23)17-21(19-10-6-4-7-11-19)20-12-8-5-9-13-20/h1,4-16,21H,17H2,2H3. The molecule has 1 nitrogen and oxygen atoms in total. The summed E-state index contributed by atoms with van der Waals surface area (Å²) in [6.45, 7) is 1.83. The highest BCUT2D eigenvalue weighted by molar-refractivity contribution is 6.04. The molecule has 1 aliphatic carbocycles. The molecule has 0 spiro atoms. The molecule has 2 aromatic carbocycles. The van der Waals surface area contributed by atoms with Gasteiger partial charge in [-0.05, 0) is 36.1 Å². The fourth-order valence-electron chi connectivity index (χ4n) is 3.27. The molecular formula is C23H20O. The highest BCUT2D eigenvalue weighted by Crippen LogP contribution is 2.40. The van der Waals surface area contributed by atoms with Crippen molar-refractivity contribution in [3.8, 4) is 12.3 Å². The van der Waals surface area contributed by atoms with Crippen LogP contribution >= 0.6 is 0 Å². The summed E-state index contributed by atoms with van der Waals surface area (Å²) in [7, 11) is 0. The van der Waals surface area contributed by atoms with E-state index in [9.17, 15) is 4.79 Å².